The molecule has 140 valence electrons. The molecule has 2 aromatic rings. The number of carbonyl (C=O) groups is 1. The number of carbonyl (C=O) groups excluding carboxylic acids is 1. The summed E-state index contributed by atoms with van der Waals surface area (Å²) in [5, 5.41) is 14.7. The van der Waals surface area contributed by atoms with Crippen LogP contribution in [0.2, 0.25) is 0 Å². The lowest BCUT2D eigenvalue weighted by Gasteiger charge is -2.48. The van der Waals surface area contributed by atoms with Gasteiger partial charge in [0.15, 0.2) is 0 Å². The molecule has 1 aromatic heterocycles. The lowest BCUT2D eigenvalue weighted by atomic mass is 9.72. The molecule has 1 aromatic carbocycles. The summed E-state index contributed by atoms with van der Waals surface area (Å²) in [4.78, 5) is 29.7. The zero-order valence-electron chi connectivity index (χ0n) is 14.5. The van der Waals surface area contributed by atoms with Crippen LogP contribution in [-0.2, 0) is 0 Å². The average Bonchev–Trinajstić information content (AvgIpc) is 2.63. The number of likely N-dealkylation sites (tertiary alicyclic amines) is 1. The summed E-state index contributed by atoms with van der Waals surface area (Å²) in [6.45, 7) is 2.74. The Morgan fingerprint density at radius 3 is 2.92 bits per heavy atom. The van der Waals surface area contributed by atoms with E-state index in [1.807, 2.05) is 18.2 Å². The molecule has 4 rings (SSSR count). The molecule has 2 aliphatic heterocycles. The molecule has 3 heterocycles. The number of hydrogen-bond acceptors (Lipinski definition) is 4. The number of hydrogen-bond donors (Lipinski definition) is 3. The third-order valence-corrected chi connectivity index (χ3v) is 5.66. The number of benzene rings is 1. The molecule has 3 N–H and O–H groups in total. The Morgan fingerprint density at radius 1 is 1.31 bits per heavy atom. The zero-order chi connectivity index (χ0) is 17.4. The number of rotatable bonds is 1. The Morgan fingerprint density at radius 2 is 2.12 bits per heavy atom. The van der Waals surface area contributed by atoms with Crippen molar-refractivity contribution in [3.05, 3.63) is 46.2 Å². The fourth-order valence-electron chi connectivity index (χ4n) is 4.30. The number of nitrogens with one attached hydrogen (secondary N) is 2. The molecule has 2 atom stereocenters. The van der Waals surface area contributed by atoms with Crippen LogP contribution in [0.1, 0.15) is 29.6 Å². The average molecular weight is 378 g/mol. The summed E-state index contributed by atoms with van der Waals surface area (Å²) in [5.74, 6) is -0.126. The van der Waals surface area contributed by atoms with E-state index in [0.29, 0.717) is 24.2 Å². The molecular weight excluding hydrogens is 354 g/mol. The van der Waals surface area contributed by atoms with Crippen molar-refractivity contribution in [1.82, 2.24) is 15.2 Å². The molecular formula is C19H24ClN3O3. The molecule has 0 bridgehead atoms. The fraction of sp³-hybridized carbons (Fsp3) is 0.474. The Kier molecular flexibility index (Phi) is 5.37. The number of H-pyrrole nitrogens is 1. The van der Waals surface area contributed by atoms with Gasteiger partial charge in [0.05, 0.1) is 11.7 Å². The Bertz CT molecular complexity index is 864. The van der Waals surface area contributed by atoms with Crippen LogP contribution in [-0.4, -0.2) is 53.2 Å². The van der Waals surface area contributed by atoms with Crippen molar-refractivity contribution >= 4 is 29.2 Å². The van der Waals surface area contributed by atoms with E-state index in [1.165, 1.54) is 6.07 Å². The second kappa shape index (κ2) is 7.39. The third kappa shape index (κ3) is 3.24. The van der Waals surface area contributed by atoms with E-state index in [2.05, 4.69) is 10.3 Å². The minimum Gasteiger partial charge on any atom is -0.392 e. The number of nitrogens with zero attached hydrogens (tertiary/aromatic N) is 1. The van der Waals surface area contributed by atoms with Crippen LogP contribution >= 0.6 is 12.4 Å². The summed E-state index contributed by atoms with van der Waals surface area (Å²) in [5.41, 5.74) is 0.565. The SMILES string of the molecule is Cl.O=C(c1cc(=O)[nH]c2ccccc12)N1CCC[C@]2(CNCC[C@@H]2O)C1. The largest absolute Gasteiger partial charge is 0.392 e. The van der Waals surface area contributed by atoms with Crippen LogP contribution in [0.5, 0.6) is 0 Å². The first-order valence-electron chi connectivity index (χ1n) is 8.89. The number of piperidine rings is 2. The standard InChI is InChI=1S/C19H23N3O3.ClH/c23-16-6-8-20-11-19(16)7-3-9-22(12-19)18(25)14-10-17(24)21-15-5-2-1-4-13(14)15;/h1-2,4-5,10,16,20,23H,3,6-9,11-12H2,(H,21,24);1H/t16-,19-;/m0./s1. The van der Waals surface area contributed by atoms with Crippen LogP contribution in [0.25, 0.3) is 10.9 Å². The second-order valence-corrected chi connectivity index (χ2v) is 7.27. The van der Waals surface area contributed by atoms with E-state index in [0.717, 1.165) is 37.7 Å². The number of para-hydroxylation sites is 1. The highest BCUT2D eigenvalue weighted by atomic mass is 35.5. The number of pyridine rings is 1. The first-order chi connectivity index (χ1) is 12.1. The van der Waals surface area contributed by atoms with E-state index in [-0.39, 0.29) is 35.4 Å². The molecule has 2 aliphatic rings. The smallest absolute Gasteiger partial charge is 0.254 e. The molecule has 0 saturated carbocycles. The molecule has 0 unspecified atom stereocenters. The molecule has 1 amide bonds. The van der Waals surface area contributed by atoms with E-state index in [9.17, 15) is 14.7 Å². The first kappa shape index (κ1) is 18.9. The van der Waals surface area contributed by atoms with Gasteiger partial charge in [-0.2, -0.15) is 0 Å². The predicted molar refractivity (Wildman–Crippen MR) is 103 cm³/mol. The Labute approximate surface area is 158 Å². The molecule has 0 aliphatic carbocycles. The van der Waals surface area contributed by atoms with Gasteiger partial charge in [0.25, 0.3) is 5.91 Å². The summed E-state index contributed by atoms with van der Waals surface area (Å²) in [6, 6.07) is 8.76. The van der Waals surface area contributed by atoms with Gasteiger partial charge in [0.2, 0.25) is 5.56 Å². The van der Waals surface area contributed by atoms with Crippen molar-refractivity contribution < 1.29 is 9.90 Å². The van der Waals surface area contributed by atoms with Crippen molar-refractivity contribution in [2.24, 2.45) is 5.41 Å². The lowest BCUT2D eigenvalue weighted by molar-refractivity contribution is -0.0432. The van der Waals surface area contributed by atoms with Gasteiger partial charge in [-0.3, -0.25) is 9.59 Å². The minimum atomic E-state index is -0.389. The number of amides is 1. The van der Waals surface area contributed by atoms with E-state index < -0.39 is 0 Å². The van der Waals surface area contributed by atoms with Crippen molar-refractivity contribution in [3.8, 4) is 0 Å². The van der Waals surface area contributed by atoms with Crippen LogP contribution in [0.3, 0.4) is 0 Å². The van der Waals surface area contributed by atoms with Crippen molar-refractivity contribution in [3.63, 3.8) is 0 Å². The van der Waals surface area contributed by atoms with Gasteiger partial charge in [-0.05, 0) is 31.9 Å². The van der Waals surface area contributed by atoms with Crippen molar-refractivity contribution in [2.45, 2.75) is 25.4 Å². The van der Waals surface area contributed by atoms with Gasteiger partial charge in [-0.15, -0.1) is 12.4 Å². The molecule has 7 heteroatoms. The highest BCUT2D eigenvalue weighted by Gasteiger charge is 2.44. The zero-order valence-corrected chi connectivity index (χ0v) is 15.3. The molecule has 1 spiro atoms. The summed E-state index contributed by atoms with van der Waals surface area (Å²) in [6.07, 6.45) is 2.11. The van der Waals surface area contributed by atoms with Crippen LogP contribution in [0.15, 0.2) is 35.1 Å². The van der Waals surface area contributed by atoms with E-state index in [1.54, 1.807) is 11.0 Å². The topological polar surface area (TPSA) is 85.4 Å². The van der Waals surface area contributed by atoms with Gasteiger partial charge in [-0.1, -0.05) is 18.2 Å². The van der Waals surface area contributed by atoms with Crippen LogP contribution in [0.4, 0.5) is 0 Å². The number of halogens is 1. The number of fused-ring (bicyclic) bond motifs is 1. The minimum absolute atomic E-state index is 0. The third-order valence-electron chi connectivity index (χ3n) is 5.66. The predicted octanol–water partition coefficient (Wildman–Crippen LogP) is 1.53. The van der Waals surface area contributed by atoms with Crippen molar-refractivity contribution in [2.75, 3.05) is 26.2 Å². The molecule has 2 saturated heterocycles. The molecule has 0 radical (unpaired) electrons. The number of aliphatic hydroxyl groups excluding tert-OH is 1. The van der Waals surface area contributed by atoms with Crippen LogP contribution in [0, 0.1) is 5.41 Å². The number of aliphatic hydroxyl groups is 1. The Balaban J connectivity index is 0.00000196. The van der Waals surface area contributed by atoms with Gasteiger partial charge in [0.1, 0.15) is 0 Å². The lowest BCUT2D eigenvalue weighted by Crippen LogP contribution is -2.58. The van der Waals surface area contributed by atoms with Crippen LogP contribution < -0.4 is 10.9 Å². The van der Waals surface area contributed by atoms with E-state index in [4.69, 9.17) is 0 Å². The fourth-order valence-corrected chi connectivity index (χ4v) is 4.30. The molecule has 6 nitrogen and oxygen atoms in total. The normalized spacial score (nSPS) is 25.9. The van der Waals surface area contributed by atoms with Crippen molar-refractivity contribution in [1.29, 1.82) is 0 Å². The molecule has 26 heavy (non-hydrogen) atoms. The highest BCUT2D eigenvalue weighted by Crippen LogP contribution is 2.37. The van der Waals surface area contributed by atoms with Gasteiger partial charge in [0, 0.05) is 42.0 Å². The Hall–Kier alpha value is -1.89. The van der Waals surface area contributed by atoms with Gasteiger partial charge >= 0.3 is 0 Å². The van der Waals surface area contributed by atoms with Gasteiger partial charge < -0.3 is 20.3 Å². The summed E-state index contributed by atoms with van der Waals surface area (Å²) < 4.78 is 0. The highest BCUT2D eigenvalue weighted by molar-refractivity contribution is 6.06. The maximum absolute atomic E-state index is 13.2. The monoisotopic (exact) mass is 377 g/mol. The maximum atomic E-state index is 13.2. The summed E-state index contributed by atoms with van der Waals surface area (Å²) >= 11 is 0. The number of aromatic amines is 1. The van der Waals surface area contributed by atoms with E-state index >= 15 is 0 Å². The van der Waals surface area contributed by atoms with Gasteiger partial charge in [-0.25, -0.2) is 0 Å². The summed E-state index contributed by atoms with van der Waals surface area (Å²) in [7, 11) is 0. The quantitative estimate of drug-likeness (QED) is 0.703. The number of aromatic nitrogens is 1. The first-order valence-corrected chi connectivity index (χ1v) is 8.89. The maximum Gasteiger partial charge on any atom is 0.254 e. The molecule has 2 fully saturated rings. The second-order valence-electron chi connectivity index (χ2n) is 7.27.